The summed E-state index contributed by atoms with van der Waals surface area (Å²) in [5.41, 5.74) is 2.46. The Morgan fingerprint density at radius 1 is 0.919 bits per heavy atom. The summed E-state index contributed by atoms with van der Waals surface area (Å²) in [5, 5.41) is 35.1. The Morgan fingerprint density at radius 2 is 1.64 bits per heavy atom. The van der Waals surface area contributed by atoms with Crippen LogP contribution in [0.1, 0.15) is 110 Å². The van der Waals surface area contributed by atoms with Crippen molar-refractivity contribution in [1.82, 2.24) is 31.2 Å². The first-order chi connectivity index (χ1) is 35.6. The predicted octanol–water partition coefficient (Wildman–Crippen LogP) is 2.05. The SMILES string of the molecule is CC[C@]1(O)c2cc3n(c(=O)c2COC1O)CC1C3=Nc2cc(F)c(C)c3c2C1[C@@H](NC(=O)COCNC(=O)CNC(=O)C(C=NC(=O)CNC(=O)CNC(=O)COC1CCCCCCC1)Cc1ccccc1)CC3. The van der Waals surface area contributed by atoms with Crippen LogP contribution in [0.3, 0.4) is 0 Å². The molecule has 0 bridgehead atoms. The van der Waals surface area contributed by atoms with Gasteiger partial charge >= 0.3 is 0 Å². The van der Waals surface area contributed by atoms with Gasteiger partial charge in [-0.25, -0.2) is 9.38 Å². The van der Waals surface area contributed by atoms with Crippen LogP contribution in [-0.4, -0.2) is 120 Å². The smallest absolute Gasteiger partial charge is 0.264 e. The molecule has 21 heteroatoms. The highest BCUT2D eigenvalue weighted by Crippen LogP contribution is 2.51. The van der Waals surface area contributed by atoms with Crippen molar-refractivity contribution in [3.05, 3.63) is 97.7 Å². The normalized spacial score (nSPS) is 22.4. The van der Waals surface area contributed by atoms with Crippen molar-refractivity contribution in [2.45, 2.75) is 128 Å². The van der Waals surface area contributed by atoms with Gasteiger partial charge in [-0.15, -0.1) is 0 Å². The van der Waals surface area contributed by atoms with Crippen molar-refractivity contribution in [2.24, 2.45) is 21.8 Å². The number of rotatable bonds is 19. The molecule has 6 amide bonds. The molecule has 396 valence electrons. The summed E-state index contributed by atoms with van der Waals surface area (Å²) in [4.78, 5) is 99.8. The monoisotopic (exact) mass is 1020 g/mol. The van der Waals surface area contributed by atoms with Crippen LogP contribution in [0.2, 0.25) is 0 Å². The minimum atomic E-state index is -1.83. The van der Waals surface area contributed by atoms with E-state index in [1.54, 1.807) is 48.7 Å². The summed E-state index contributed by atoms with van der Waals surface area (Å²) in [6.45, 7) is 1.11. The number of fused-ring (bicyclic) bond motifs is 5. The van der Waals surface area contributed by atoms with Crippen LogP contribution in [0, 0.1) is 24.6 Å². The number of hydrogen-bond acceptors (Lipinski definition) is 13. The molecule has 0 radical (unpaired) electrons. The first-order valence-corrected chi connectivity index (χ1v) is 25.5. The number of aliphatic imine (C=N–C) groups is 2. The predicted molar refractivity (Wildman–Crippen MR) is 267 cm³/mol. The molecule has 5 aliphatic rings. The van der Waals surface area contributed by atoms with E-state index < -0.39 is 96.6 Å². The van der Waals surface area contributed by atoms with Crippen molar-refractivity contribution in [2.75, 3.05) is 39.6 Å². The minimum Gasteiger partial charge on any atom is -0.380 e. The number of aliphatic hydroxyl groups is 2. The average Bonchev–Trinajstić information content (AvgIpc) is 3.76. The van der Waals surface area contributed by atoms with E-state index >= 15 is 4.39 Å². The Kier molecular flexibility index (Phi) is 17.6. The van der Waals surface area contributed by atoms with Gasteiger partial charge in [-0.05, 0) is 73.8 Å². The number of ether oxygens (including phenoxy) is 3. The molecule has 20 nitrogen and oxygen atoms in total. The summed E-state index contributed by atoms with van der Waals surface area (Å²) < 4.78 is 33.7. The van der Waals surface area contributed by atoms with Crippen molar-refractivity contribution in [3.8, 4) is 0 Å². The number of benzene rings is 2. The second-order valence-corrected chi connectivity index (χ2v) is 19.6. The van der Waals surface area contributed by atoms with E-state index in [2.05, 4.69) is 31.6 Å². The molecule has 1 aromatic heterocycles. The van der Waals surface area contributed by atoms with E-state index in [1.165, 1.54) is 12.5 Å². The maximum absolute atomic E-state index is 15.4. The number of carbonyl (C=O) groups is 6. The largest absolute Gasteiger partial charge is 0.380 e. The van der Waals surface area contributed by atoms with E-state index in [9.17, 15) is 43.8 Å². The number of hydrogen-bond donors (Lipinski definition) is 7. The molecule has 6 atom stereocenters. The molecule has 1 fully saturated rings. The quantitative estimate of drug-likeness (QED) is 0.0517. The molecule has 1 saturated carbocycles. The molecule has 4 heterocycles. The lowest BCUT2D eigenvalue weighted by molar-refractivity contribution is -0.236. The summed E-state index contributed by atoms with van der Waals surface area (Å²) in [7, 11) is 0. The van der Waals surface area contributed by atoms with Crippen LogP contribution < -0.4 is 32.1 Å². The second kappa shape index (κ2) is 24.2. The molecule has 74 heavy (non-hydrogen) atoms. The maximum atomic E-state index is 15.4. The number of nitrogens with one attached hydrogen (secondary N) is 5. The van der Waals surface area contributed by atoms with Gasteiger partial charge in [0.05, 0.1) is 55.4 Å². The van der Waals surface area contributed by atoms with Gasteiger partial charge in [-0.2, -0.15) is 0 Å². The molecule has 7 N–H and O–H groups in total. The number of amides is 6. The molecule has 3 aliphatic heterocycles. The van der Waals surface area contributed by atoms with Crippen LogP contribution in [-0.2, 0) is 74.6 Å². The first-order valence-electron chi connectivity index (χ1n) is 25.5. The Bertz CT molecular complexity index is 2740. The van der Waals surface area contributed by atoms with Gasteiger partial charge in [0.2, 0.25) is 29.5 Å². The number of halogens is 1. The van der Waals surface area contributed by atoms with E-state index in [-0.39, 0.29) is 68.7 Å². The Hall–Kier alpha value is -6.52. The first kappa shape index (κ1) is 53.8. The summed E-state index contributed by atoms with van der Waals surface area (Å²) >= 11 is 0. The van der Waals surface area contributed by atoms with Gasteiger partial charge in [-0.3, -0.25) is 38.6 Å². The molecular formula is C53H65FN8O12. The molecule has 0 saturated heterocycles. The van der Waals surface area contributed by atoms with Crippen molar-refractivity contribution in [3.63, 3.8) is 0 Å². The molecule has 2 aromatic carbocycles. The lowest BCUT2D eigenvalue weighted by atomic mass is 9.68. The third kappa shape index (κ3) is 12.3. The van der Waals surface area contributed by atoms with Crippen LogP contribution in [0.25, 0.3) is 0 Å². The van der Waals surface area contributed by atoms with Crippen molar-refractivity contribution < 1.29 is 57.6 Å². The maximum Gasteiger partial charge on any atom is 0.264 e. The standard InChI is InChI=1S/C53H65FN8O12/c1-3-53(71)37-19-41-49-35(25-62(41)51(69)36(37)26-74-52(53)70)48-39(17-16-34-30(2)38(54)20-40(61-49)47(34)48)60-46(67)27-72-29-59-44(65)24-58-50(68)32(18-31-12-8-7-9-13-31)21-55-42(63)22-56-43(64)23-57-45(66)28-73-33-14-10-5-4-6-11-15-33/h7-9,12-13,19-21,32-33,35,39,48,52,70-71H,3-6,10-11,14-18,22-29H2,1-2H3,(H,56,64)(H,57,66)(H,58,68)(H,59,65)(H,60,67)/t32?,35?,39-,48?,52?,53-/m0/s1. The fourth-order valence-corrected chi connectivity index (χ4v) is 10.8. The Labute approximate surface area is 427 Å². The van der Waals surface area contributed by atoms with Crippen molar-refractivity contribution >= 4 is 53.1 Å². The fraction of sp³-hybridized carbons (Fsp3) is 0.528. The van der Waals surface area contributed by atoms with Crippen LogP contribution in [0.15, 0.2) is 57.2 Å². The number of aromatic nitrogens is 1. The number of carbonyl (C=O) groups excluding carboxylic acids is 6. The van der Waals surface area contributed by atoms with Gasteiger partial charge in [0, 0.05) is 47.8 Å². The summed E-state index contributed by atoms with van der Waals surface area (Å²) in [5.74, 6) is -5.74. The number of aliphatic hydroxyl groups excluding tert-OH is 1. The van der Waals surface area contributed by atoms with Crippen LogP contribution in [0.5, 0.6) is 0 Å². The highest BCUT2D eigenvalue weighted by molar-refractivity contribution is 6.06. The van der Waals surface area contributed by atoms with Crippen LogP contribution >= 0.6 is 0 Å². The average molecular weight is 1030 g/mol. The summed E-state index contributed by atoms with van der Waals surface area (Å²) in [6, 6.07) is 11.5. The topological polar surface area (TPSA) is 277 Å². The third-order valence-electron chi connectivity index (χ3n) is 14.8. The Morgan fingerprint density at radius 3 is 2.39 bits per heavy atom. The molecule has 4 unspecified atom stereocenters. The lowest BCUT2D eigenvalue weighted by Gasteiger charge is -2.41. The lowest BCUT2D eigenvalue weighted by Crippen LogP contribution is -2.48. The zero-order valence-electron chi connectivity index (χ0n) is 41.7. The van der Waals surface area contributed by atoms with E-state index in [0.29, 0.717) is 35.5 Å². The second-order valence-electron chi connectivity index (χ2n) is 19.6. The molecule has 8 rings (SSSR count). The van der Waals surface area contributed by atoms with Gasteiger partial charge in [-0.1, -0.05) is 69.4 Å². The Balaban J connectivity index is 0.807. The van der Waals surface area contributed by atoms with Crippen LogP contribution in [0.4, 0.5) is 10.1 Å². The fourth-order valence-electron chi connectivity index (χ4n) is 10.8. The van der Waals surface area contributed by atoms with Crippen molar-refractivity contribution in [1.29, 1.82) is 0 Å². The van der Waals surface area contributed by atoms with E-state index in [0.717, 1.165) is 61.4 Å². The third-order valence-corrected chi connectivity index (χ3v) is 14.8. The van der Waals surface area contributed by atoms with E-state index in [4.69, 9.17) is 19.2 Å². The zero-order valence-corrected chi connectivity index (χ0v) is 41.7. The van der Waals surface area contributed by atoms with Gasteiger partial charge in [0.1, 0.15) is 31.4 Å². The van der Waals surface area contributed by atoms with Gasteiger partial charge < -0.3 is 55.6 Å². The summed E-state index contributed by atoms with van der Waals surface area (Å²) in [6.07, 6.45) is 8.17. The molecule has 0 spiro atoms. The number of pyridine rings is 1. The molecular weight excluding hydrogens is 960 g/mol. The molecule has 2 aliphatic carbocycles. The van der Waals surface area contributed by atoms with Gasteiger partial charge in [0.15, 0.2) is 6.29 Å². The molecule has 3 aromatic rings. The minimum absolute atomic E-state index is 0.0173. The highest BCUT2D eigenvalue weighted by atomic mass is 19.1. The zero-order chi connectivity index (χ0) is 52.5. The highest BCUT2D eigenvalue weighted by Gasteiger charge is 2.50. The van der Waals surface area contributed by atoms with E-state index in [1.807, 2.05) is 6.07 Å². The number of nitrogens with zero attached hydrogens (tertiary/aromatic N) is 3. The van der Waals surface area contributed by atoms with Gasteiger partial charge in [0.25, 0.3) is 11.5 Å².